The summed E-state index contributed by atoms with van der Waals surface area (Å²) in [5.74, 6) is 1.23. The molecule has 1 aromatic heterocycles. The van der Waals surface area contributed by atoms with Crippen LogP contribution < -0.4 is 0 Å². The molecule has 0 bridgehead atoms. The molecule has 0 amide bonds. The number of ether oxygens (including phenoxy) is 1. The molecule has 1 atom stereocenters. The second kappa shape index (κ2) is 4.07. The summed E-state index contributed by atoms with van der Waals surface area (Å²) >= 11 is 5.69. The van der Waals surface area contributed by atoms with Gasteiger partial charge in [0.15, 0.2) is 0 Å². The van der Waals surface area contributed by atoms with E-state index in [1.165, 1.54) is 0 Å². The first-order valence-electron chi connectivity index (χ1n) is 4.44. The molecular weight excluding hydrogens is 190 g/mol. The van der Waals surface area contributed by atoms with Gasteiger partial charge < -0.3 is 9.30 Å². The van der Waals surface area contributed by atoms with Gasteiger partial charge in [-0.25, -0.2) is 0 Å². The van der Waals surface area contributed by atoms with Gasteiger partial charge in [-0.3, -0.25) is 0 Å². The third kappa shape index (κ3) is 2.00. The van der Waals surface area contributed by atoms with Crippen molar-refractivity contribution in [1.29, 1.82) is 0 Å². The molecule has 2 heterocycles. The van der Waals surface area contributed by atoms with Crippen LogP contribution in [-0.2, 0) is 17.2 Å². The molecule has 13 heavy (non-hydrogen) atoms. The maximum absolute atomic E-state index is 5.69. The van der Waals surface area contributed by atoms with Crippen LogP contribution in [0.4, 0.5) is 0 Å². The summed E-state index contributed by atoms with van der Waals surface area (Å²) in [6, 6.07) is 0. The van der Waals surface area contributed by atoms with Crippen LogP contribution in [0.25, 0.3) is 0 Å². The lowest BCUT2D eigenvalue weighted by molar-refractivity contribution is 0.0963. The van der Waals surface area contributed by atoms with Gasteiger partial charge in [0.2, 0.25) is 0 Å². The zero-order chi connectivity index (χ0) is 9.10. The third-order valence-electron chi connectivity index (χ3n) is 2.24. The van der Waals surface area contributed by atoms with Gasteiger partial charge in [-0.2, -0.15) is 0 Å². The van der Waals surface area contributed by atoms with Crippen molar-refractivity contribution in [2.75, 3.05) is 6.61 Å². The molecule has 0 spiro atoms. The van der Waals surface area contributed by atoms with Gasteiger partial charge in [0.1, 0.15) is 12.2 Å². The molecule has 1 fully saturated rings. The van der Waals surface area contributed by atoms with E-state index in [4.69, 9.17) is 16.3 Å². The molecule has 5 heteroatoms. The van der Waals surface area contributed by atoms with Crippen LogP contribution in [0, 0.1) is 0 Å². The highest BCUT2D eigenvalue weighted by atomic mass is 35.5. The van der Waals surface area contributed by atoms with Crippen molar-refractivity contribution >= 4 is 11.6 Å². The first kappa shape index (κ1) is 8.97. The predicted octanol–water partition coefficient (Wildman–Crippen LogP) is 1.20. The standard InChI is InChI=1S/C8H12ClN3O/c9-4-8-11-10-6-12(8)5-7-2-1-3-13-7/h6-7H,1-5H2. The largest absolute Gasteiger partial charge is 0.376 e. The SMILES string of the molecule is ClCc1nncn1CC1CCCO1. The average molecular weight is 202 g/mol. The fraction of sp³-hybridized carbons (Fsp3) is 0.750. The Bertz CT molecular complexity index is 270. The van der Waals surface area contributed by atoms with E-state index in [0.717, 1.165) is 31.8 Å². The quantitative estimate of drug-likeness (QED) is 0.690. The number of hydrogen-bond acceptors (Lipinski definition) is 3. The molecule has 0 saturated carbocycles. The van der Waals surface area contributed by atoms with E-state index < -0.39 is 0 Å². The summed E-state index contributed by atoms with van der Waals surface area (Å²) in [5.41, 5.74) is 0. The summed E-state index contributed by atoms with van der Waals surface area (Å²) in [4.78, 5) is 0. The van der Waals surface area contributed by atoms with E-state index in [-0.39, 0.29) is 0 Å². The Morgan fingerprint density at radius 3 is 3.31 bits per heavy atom. The van der Waals surface area contributed by atoms with Gasteiger partial charge in [0.05, 0.1) is 18.5 Å². The Labute approximate surface area is 81.9 Å². The van der Waals surface area contributed by atoms with E-state index in [2.05, 4.69) is 10.2 Å². The average Bonchev–Trinajstić information content (AvgIpc) is 2.76. The molecule has 1 unspecified atom stereocenters. The Morgan fingerprint density at radius 2 is 2.62 bits per heavy atom. The lowest BCUT2D eigenvalue weighted by Crippen LogP contribution is -2.15. The summed E-state index contributed by atoms with van der Waals surface area (Å²) in [6.45, 7) is 1.71. The van der Waals surface area contributed by atoms with Crippen molar-refractivity contribution in [2.45, 2.75) is 31.4 Å². The number of hydrogen-bond donors (Lipinski definition) is 0. The van der Waals surface area contributed by atoms with Crippen molar-refractivity contribution in [3.63, 3.8) is 0 Å². The van der Waals surface area contributed by atoms with Crippen molar-refractivity contribution in [1.82, 2.24) is 14.8 Å². The molecule has 0 aliphatic carbocycles. The molecular formula is C8H12ClN3O. The molecule has 72 valence electrons. The van der Waals surface area contributed by atoms with Gasteiger partial charge in [-0.1, -0.05) is 0 Å². The first-order valence-corrected chi connectivity index (χ1v) is 4.98. The van der Waals surface area contributed by atoms with E-state index >= 15 is 0 Å². The van der Waals surface area contributed by atoms with Crippen molar-refractivity contribution in [3.05, 3.63) is 12.2 Å². The summed E-state index contributed by atoms with van der Waals surface area (Å²) in [7, 11) is 0. The van der Waals surface area contributed by atoms with Crippen LogP contribution in [0.15, 0.2) is 6.33 Å². The van der Waals surface area contributed by atoms with E-state index in [1.807, 2.05) is 4.57 Å². The molecule has 1 aliphatic rings. The molecule has 0 radical (unpaired) electrons. The molecule has 1 aromatic rings. The van der Waals surface area contributed by atoms with Crippen LogP contribution in [0.3, 0.4) is 0 Å². The lowest BCUT2D eigenvalue weighted by Gasteiger charge is -2.10. The number of aromatic nitrogens is 3. The highest BCUT2D eigenvalue weighted by molar-refractivity contribution is 6.16. The van der Waals surface area contributed by atoms with Crippen molar-refractivity contribution in [3.8, 4) is 0 Å². The van der Waals surface area contributed by atoms with Gasteiger partial charge in [0, 0.05) is 6.61 Å². The second-order valence-corrected chi connectivity index (χ2v) is 3.44. The number of nitrogens with zero attached hydrogens (tertiary/aromatic N) is 3. The summed E-state index contributed by atoms with van der Waals surface area (Å²) in [5, 5.41) is 7.71. The van der Waals surface area contributed by atoms with Gasteiger partial charge in [-0.05, 0) is 12.8 Å². The van der Waals surface area contributed by atoms with E-state index in [0.29, 0.717) is 12.0 Å². The highest BCUT2D eigenvalue weighted by Gasteiger charge is 2.17. The Kier molecular flexibility index (Phi) is 2.80. The second-order valence-electron chi connectivity index (χ2n) is 3.17. The monoisotopic (exact) mass is 201 g/mol. The van der Waals surface area contributed by atoms with E-state index in [9.17, 15) is 0 Å². The first-order chi connectivity index (χ1) is 6.40. The maximum Gasteiger partial charge on any atom is 0.147 e. The van der Waals surface area contributed by atoms with Gasteiger partial charge in [-0.15, -0.1) is 21.8 Å². The van der Waals surface area contributed by atoms with Crippen LogP contribution in [0.2, 0.25) is 0 Å². The zero-order valence-corrected chi connectivity index (χ0v) is 8.07. The smallest absolute Gasteiger partial charge is 0.147 e. The van der Waals surface area contributed by atoms with Gasteiger partial charge in [0.25, 0.3) is 0 Å². The maximum atomic E-state index is 5.69. The highest BCUT2D eigenvalue weighted by Crippen LogP contribution is 2.14. The topological polar surface area (TPSA) is 39.9 Å². The van der Waals surface area contributed by atoms with Crippen LogP contribution >= 0.6 is 11.6 Å². The Hall–Kier alpha value is -0.610. The minimum atomic E-state index is 0.318. The lowest BCUT2D eigenvalue weighted by atomic mass is 10.2. The molecule has 1 aliphatic heterocycles. The predicted molar refractivity (Wildman–Crippen MR) is 48.6 cm³/mol. The fourth-order valence-electron chi connectivity index (χ4n) is 1.54. The number of halogens is 1. The summed E-state index contributed by atoms with van der Waals surface area (Å²) in [6.07, 6.45) is 4.31. The van der Waals surface area contributed by atoms with Crippen LogP contribution in [0.5, 0.6) is 0 Å². The van der Waals surface area contributed by atoms with Crippen LogP contribution in [-0.4, -0.2) is 27.5 Å². The fourth-order valence-corrected chi connectivity index (χ4v) is 1.75. The minimum absolute atomic E-state index is 0.318. The molecule has 0 N–H and O–H groups in total. The number of rotatable bonds is 3. The Balaban J connectivity index is 1.99. The molecule has 2 rings (SSSR count). The van der Waals surface area contributed by atoms with Crippen LogP contribution in [0.1, 0.15) is 18.7 Å². The third-order valence-corrected chi connectivity index (χ3v) is 2.48. The van der Waals surface area contributed by atoms with E-state index in [1.54, 1.807) is 6.33 Å². The number of alkyl halides is 1. The Morgan fingerprint density at radius 1 is 1.69 bits per heavy atom. The molecule has 4 nitrogen and oxygen atoms in total. The zero-order valence-electron chi connectivity index (χ0n) is 7.32. The molecule has 1 saturated heterocycles. The summed E-state index contributed by atoms with van der Waals surface area (Å²) < 4.78 is 7.47. The van der Waals surface area contributed by atoms with Crippen molar-refractivity contribution in [2.24, 2.45) is 0 Å². The molecule has 0 aromatic carbocycles. The van der Waals surface area contributed by atoms with Gasteiger partial charge >= 0.3 is 0 Å². The van der Waals surface area contributed by atoms with Crippen molar-refractivity contribution < 1.29 is 4.74 Å². The minimum Gasteiger partial charge on any atom is -0.376 e. The normalized spacial score (nSPS) is 22.4.